The fourth-order valence-corrected chi connectivity index (χ4v) is 1.76. The van der Waals surface area contributed by atoms with Crippen LogP contribution in [0.15, 0.2) is 12.1 Å². The molecular formula is C12H14N4. The molecule has 4 heteroatoms. The number of rotatable bonds is 2. The highest BCUT2D eigenvalue weighted by Crippen LogP contribution is 2.20. The first kappa shape index (κ1) is 10.6. The first-order valence-corrected chi connectivity index (χ1v) is 5.45. The van der Waals surface area contributed by atoms with Crippen LogP contribution in [0, 0.1) is 11.3 Å². The van der Waals surface area contributed by atoms with Gasteiger partial charge in [-0.3, -0.25) is 0 Å². The van der Waals surface area contributed by atoms with Gasteiger partial charge in [0.15, 0.2) is 5.65 Å². The Hall–Kier alpha value is -1.89. The van der Waals surface area contributed by atoms with Crippen molar-refractivity contribution in [3.8, 4) is 6.07 Å². The van der Waals surface area contributed by atoms with Crippen molar-refractivity contribution in [2.24, 2.45) is 0 Å². The second kappa shape index (κ2) is 3.93. The molecular weight excluding hydrogens is 200 g/mol. The summed E-state index contributed by atoms with van der Waals surface area (Å²) in [6.07, 6.45) is 0.879. The molecule has 0 unspecified atom stereocenters. The van der Waals surface area contributed by atoms with Crippen LogP contribution >= 0.6 is 0 Å². The number of pyridine rings is 1. The predicted molar refractivity (Wildman–Crippen MR) is 62.0 cm³/mol. The molecule has 0 aliphatic carbocycles. The Morgan fingerprint density at radius 2 is 2.19 bits per heavy atom. The van der Waals surface area contributed by atoms with E-state index >= 15 is 0 Å². The molecule has 0 radical (unpaired) electrons. The van der Waals surface area contributed by atoms with Gasteiger partial charge in [-0.2, -0.15) is 10.4 Å². The Morgan fingerprint density at radius 3 is 2.75 bits per heavy atom. The number of aromatic nitrogens is 3. The zero-order valence-electron chi connectivity index (χ0n) is 9.73. The summed E-state index contributed by atoms with van der Waals surface area (Å²) in [6, 6.07) is 5.99. The Labute approximate surface area is 94.5 Å². The van der Waals surface area contributed by atoms with Gasteiger partial charge in [0.05, 0.1) is 5.69 Å². The number of nitrogens with zero attached hydrogens (tertiary/aromatic N) is 4. The number of aryl methyl sites for hydroxylation is 1. The largest absolute Gasteiger partial charge is 0.244 e. The van der Waals surface area contributed by atoms with Crippen molar-refractivity contribution in [2.75, 3.05) is 0 Å². The topological polar surface area (TPSA) is 54.5 Å². The van der Waals surface area contributed by atoms with Crippen molar-refractivity contribution in [1.82, 2.24) is 14.8 Å². The third kappa shape index (κ3) is 1.54. The van der Waals surface area contributed by atoms with Crippen molar-refractivity contribution in [3.63, 3.8) is 0 Å². The molecule has 4 nitrogen and oxygen atoms in total. The van der Waals surface area contributed by atoms with Crippen LogP contribution in [0.1, 0.15) is 38.2 Å². The third-order valence-corrected chi connectivity index (χ3v) is 2.57. The van der Waals surface area contributed by atoms with E-state index in [1.165, 1.54) is 0 Å². The molecule has 2 heterocycles. The Kier molecular flexibility index (Phi) is 2.61. The molecule has 0 aliphatic rings. The summed E-state index contributed by atoms with van der Waals surface area (Å²) in [5.41, 5.74) is 2.29. The molecule has 2 aromatic heterocycles. The second-order valence-electron chi connectivity index (χ2n) is 4.02. The van der Waals surface area contributed by atoms with Gasteiger partial charge >= 0.3 is 0 Å². The van der Waals surface area contributed by atoms with Gasteiger partial charge in [-0.15, -0.1) is 0 Å². The maximum Gasteiger partial charge on any atom is 0.159 e. The van der Waals surface area contributed by atoms with E-state index in [-0.39, 0.29) is 6.04 Å². The minimum atomic E-state index is 0.254. The van der Waals surface area contributed by atoms with E-state index in [1.807, 2.05) is 10.7 Å². The van der Waals surface area contributed by atoms with Crippen LogP contribution in [-0.4, -0.2) is 14.8 Å². The third-order valence-electron chi connectivity index (χ3n) is 2.57. The summed E-state index contributed by atoms with van der Waals surface area (Å²) in [4.78, 5) is 4.32. The summed E-state index contributed by atoms with van der Waals surface area (Å²) in [6.45, 7) is 6.20. The molecule has 0 N–H and O–H groups in total. The fraction of sp³-hybridized carbons (Fsp3) is 0.417. The first-order valence-electron chi connectivity index (χ1n) is 5.45. The van der Waals surface area contributed by atoms with E-state index < -0.39 is 0 Å². The van der Waals surface area contributed by atoms with E-state index in [2.05, 4.69) is 36.9 Å². The van der Waals surface area contributed by atoms with Crippen molar-refractivity contribution < 1.29 is 0 Å². The lowest BCUT2D eigenvalue weighted by atomic mass is 10.2. The quantitative estimate of drug-likeness (QED) is 0.771. The van der Waals surface area contributed by atoms with E-state index in [0.29, 0.717) is 5.69 Å². The molecule has 0 bridgehead atoms. The summed E-state index contributed by atoms with van der Waals surface area (Å²) in [7, 11) is 0. The van der Waals surface area contributed by atoms with Gasteiger partial charge in [0.1, 0.15) is 11.8 Å². The standard InChI is InChI=1S/C12H14N4/c1-4-11-10-6-5-9(7-13)14-12(10)16(15-11)8(2)3/h5-6,8H,4H2,1-3H3. The zero-order valence-corrected chi connectivity index (χ0v) is 9.73. The molecule has 2 aromatic rings. The number of hydrogen-bond acceptors (Lipinski definition) is 3. The van der Waals surface area contributed by atoms with E-state index in [1.54, 1.807) is 6.07 Å². The summed E-state index contributed by atoms with van der Waals surface area (Å²) < 4.78 is 1.88. The van der Waals surface area contributed by atoms with Gasteiger partial charge in [0.25, 0.3) is 0 Å². The molecule has 0 aromatic carbocycles. The highest BCUT2D eigenvalue weighted by molar-refractivity contribution is 5.79. The molecule has 0 amide bonds. The lowest BCUT2D eigenvalue weighted by Crippen LogP contribution is -2.04. The van der Waals surface area contributed by atoms with Crippen molar-refractivity contribution in [3.05, 3.63) is 23.5 Å². The first-order chi connectivity index (χ1) is 7.67. The second-order valence-corrected chi connectivity index (χ2v) is 4.02. The monoisotopic (exact) mass is 214 g/mol. The van der Waals surface area contributed by atoms with Gasteiger partial charge in [0.2, 0.25) is 0 Å². The molecule has 0 aliphatic heterocycles. The molecule has 2 rings (SSSR count). The van der Waals surface area contributed by atoms with E-state index in [0.717, 1.165) is 23.1 Å². The van der Waals surface area contributed by atoms with Gasteiger partial charge in [-0.25, -0.2) is 9.67 Å². The number of fused-ring (bicyclic) bond motifs is 1. The fourth-order valence-electron chi connectivity index (χ4n) is 1.76. The van der Waals surface area contributed by atoms with E-state index in [9.17, 15) is 0 Å². The number of nitriles is 1. The summed E-state index contributed by atoms with van der Waals surface area (Å²) >= 11 is 0. The number of hydrogen-bond donors (Lipinski definition) is 0. The minimum Gasteiger partial charge on any atom is -0.244 e. The molecule has 0 fully saturated rings. The molecule has 0 spiro atoms. The molecule has 16 heavy (non-hydrogen) atoms. The Balaban J connectivity index is 2.76. The van der Waals surface area contributed by atoms with Crippen LogP contribution in [0.2, 0.25) is 0 Å². The maximum absolute atomic E-state index is 8.85. The normalized spacial score (nSPS) is 10.9. The van der Waals surface area contributed by atoms with Crippen molar-refractivity contribution in [1.29, 1.82) is 5.26 Å². The smallest absolute Gasteiger partial charge is 0.159 e. The zero-order chi connectivity index (χ0) is 11.7. The summed E-state index contributed by atoms with van der Waals surface area (Å²) in [5, 5.41) is 14.4. The van der Waals surface area contributed by atoms with Crippen LogP contribution < -0.4 is 0 Å². The van der Waals surface area contributed by atoms with E-state index in [4.69, 9.17) is 5.26 Å². The van der Waals surface area contributed by atoms with Crippen LogP contribution in [0.3, 0.4) is 0 Å². The molecule has 0 saturated carbocycles. The van der Waals surface area contributed by atoms with Crippen molar-refractivity contribution in [2.45, 2.75) is 33.2 Å². The average Bonchev–Trinajstić information content (AvgIpc) is 2.66. The predicted octanol–water partition coefficient (Wildman–Crippen LogP) is 2.45. The molecule has 0 atom stereocenters. The van der Waals surface area contributed by atoms with Gasteiger partial charge in [-0.05, 0) is 32.4 Å². The highest BCUT2D eigenvalue weighted by Gasteiger charge is 2.12. The molecule has 82 valence electrons. The van der Waals surface area contributed by atoms with Gasteiger partial charge in [-0.1, -0.05) is 6.92 Å². The average molecular weight is 214 g/mol. The van der Waals surface area contributed by atoms with Gasteiger partial charge in [0, 0.05) is 11.4 Å². The maximum atomic E-state index is 8.85. The Bertz CT molecular complexity index is 560. The minimum absolute atomic E-state index is 0.254. The van der Waals surface area contributed by atoms with Crippen LogP contribution in [0.25, 0.3) is 11.0 Å². The Morgan fingerprint density at radius 1 is 1.44 bits per heavy atom. The van der Waals surface area contributed by atoms with Crippen LogP contribution in [-0.2, 0) is 6.42 Å². The van der Waals surface area contributed by atoms with Gasteiger partial charge < -0.3 is 0 Å². The van der Waals surface area contributed by atoms with Crippen LogP contribution in [0.5, 0.6) is 0 Å². The SMILES string of the molecule is CCc1nn(C(C)C)c2nc(C#N)ccc12. The van der Waals surface area contributed by atoms with Crippen molar-refractivity contribution >= 4 is 11.0 Å². The lowest BCUT2D eigenvalue weighted by Gasteiger charge is -2.05. The lowest BCUT2D eigenvalue weighted by molar-refractivity contribution is 0.540. The highest BCUT2D eigenvalue weighted by atomic mass is 15.3. The summed E-state index contributed by atoms with van der Waals surface area (Å²) in [5.74, 6) is 0. The van der Waals surface area contributed by atoms with Crippen LogP contribution in [0.4, 0.5) is 0 Å². The molecule has 0 saturated heterocycles.